The number of hydrogen-bond acceptors (Lipinski definition) is 4. The zero-order chi connectivity index (χ0) is 17.1. The molecule has 0 saturated heterocycles. The fourth-order valence-electron chi connectivity index (χ4n) is 2.38. The summed E-state index contributed by atoms with van der Waals surface area (Å²) in [4.78, 5) is 14.0. The largest absolute Gasteiger partial charge is 0.345 e. The van der Waals surface area contributed by atoms with Crippen LogP contribution in [0.5, 0.6) is 0 Å². The predicted molar refractivity (Wildman–Crippen MR) is 90.3 cm³/mol. The molecule has 0 aliphatic heterocycles. The maximum atomic E-state index is 12.6. The molecule has 0 unspecified atom stereocenters. The lowest BCUT2D eigenvalue weighted by atomic mass is 10.1. The van der Waals surface area contributed by atoms with Crippen molar-refractivity contribution in [3.05, 3.63) is 66.0 Å². The van der Waals surface area contributed by atoms with E-state index < -0.39 is 0 Å². The van der Waals surface area contributed by atoms with Gasteiger partial charge in [0.15, 0.2) is 5.82 Å². The maximum absolute atomic E-state index is 12.6. The van der Waals surface area contributed by atoms with Crippen molar-refractivity contribution in [2.24, 2.45) is 7.05 Å². The molecule has 118 valence electrons. The van der Waals surface area contributed by atoms with Crippen LogP contribution in [0.2, 0.25) is 0 Å². The third-order valence-electron chi connectivity index (χ3n) is 3.72. The lowest BCUT2D eigenvalue weighted by molar-refractivity contribution is 0.0984. The van der Waals surface area contributed by atoms with Gasteiger partial charge in [-0.3, -0.25) is 9.69 Å². The van der Waals surface area contributed by atoms with Gasteiger partial charge in [-0.15, -0.1) is 10.2 Å². The Balaban J connectivity index is 1.85. The maximum Gasteiger partial charge on any atom is 0.275 e. The molecule has 0 N–H and O–H groups in total. The van der Waals surface area contributed by atoms with Gasteiger partial charge in [-0.2, -0.15) is 5.26 Å². The van der Waals surface area contributed by atoms with Crippen LogP contribution in [-0.2, 0) is 7.05 Å². The molecule has 0 radical (unpaired) electrons. The van der Waals surface area contributed by atoms with Crippen LogP contribution in [0.25, 0.3) is 11.3 Å². The van der Waals surface area contributed by atoms with E-state index in [0.717, 1.165) is 11.3 Å². The van der Waals surface area contributed by atoms with Crippen LogP contribution in [0.1, 0.15) is 16.1 Å². The molecule has 0 aliphatic rings. The minimum absolute atomic E-state index is 0.249. The number of anilines is 1. The number of amides is 1. The monoisotopic (exact) mass is 317 g/mol. The van der Waals surface area contributed by atoms with Gasteiger partial charge in [0, 0.05) is 25.9 Å². The Morgan fingerprint density at radius 1 is 1.17 bits per heavy atom. The summed E-state index contributed by atoms with van der Waals surface area (Å²) in [5.74, 6) is 0.195. The Labute approximate surface area is 139 Å². The highest BCUT2D eigenvalue weighted by molar-refractivity contribution is 6.04. The zero-order valence-electron chi connectivity index (χ0n) is 13.3. The number of rotatable bonds is 3. The molecule has 0 fully saturated rings. The number of aromatic nitrogens is 3. The van der Waals surface area contributed by atoms with E-state index >= 15 is 0 Å². The molecule has 3 aromatic rings. The highest BCUT2D eigenvalue weighted by Gasteiger charge is 2.19. The Hall–Kier alpha value is -3.46. The Kier molecular flexibility index (Phi) is 4.08. The van der Waals surface area contributed by atoms with Gasteiger partial charge < -0.3 is 4.57 Å². The summed E-state index contributed by atoms with van der Waals surface area (Å²) in [6.07, 6.45) is 1.62. The molecule has 0 atom stereocenters. The molecule has 0 aliphatic carbocycles. The number of nitrogens with zero attached hydrogens (tertiary/aromatic N) is 5. The number of benzene rings is 1. The topological polar surface area (TPSA) is 74.8 Å². The number of nitriles is 1. The first-order valence-electron chi connectivity index (χ1n) is 7.34. The number of carbonyl (C=O) groups is 1. The van der Waals surface area contributed by atoms with Gasteiger partial charge >= 0.3 is 0 Å². The van der Waals surface area contributed by atoms with Gasteiger partial charge in [-0.25, -0.2) is 0 Å². The van der Waals surface area contributed by atoms with Gasteiger partial charge in [0.05, 0.1) is 11.3 Å². The first-order valence-corrected chi connectivity index (χ1v) is 7.34. The number of aryl methyl sites for hydroxylation is 1. The van der Waals surface area contributed by atoms with Crippen LogP contribution < -0.4 is 4.90 Å². The van der Waals surface area contributed by atoms with E-state index in [0.29, 0.717) is 17.1 Å². The summed E-state index contributed by atoms with van der Waals surface area (Å²) in [6.45, 7) is 0. The van der Waals surface area contributed by atoms with E-state index in [-0.39, 0.29) is 5.91 Å². The molecule has 1 amide bonds. The van der Waals surface area contributed by atoms with Crippen molar-refractivity contribution in [3.8, 4) is 17.3 Å². The molecule has 0 bridgehead atoms. The minimum atomic E-state index is -0.249. The van der Waals surface area contributed by atoms with Crippen molar-refractivity contribution < 1.29 is 4.79 Å². The van der Waals surface area contributed by atoms with E-state index in [1.54, 1.807) is 37.0 Å². The van der Waals surface area contributed by atoms with Gasteiger partial charge in [0.1, 0.15) is 11.8 Å². The molecular formula is C18H15N5O. The first-order chi connectivity index (χ1) is 11.6. The van der Waals surface area contributed by atoms with Crippen LogP contribution in [0.3, 0.4) is 0 Å². The van der Waals surface area contributed by atoms with Crippen molar-refractivity contribution >= 4 is 11.7 Å². The van der Waals surface area contributed by atoms with Crippen LogP contribution in [0, 0.1) is 11.3 Å². The quantitative estimate of drug-likeness (QED) is 0.744. The fraction of sp³-hybridized carbons (Fsp3) is 0.111. The second kappa shape index (κ2) is 6.34. The smallest absolute Gasteiger partial charge is 0.275 e. The van der Waals surface area contributed by atoms with E-state index in [1.807, 2.05) is 42.5 Å². The molecule has 6 heteroatoms. The standard InChI is InChI=1S/C18H15N5O/c1-22-12-13(11-19)10-16(22)18(24)23(2)17-9-8-15(20-21-17)14-6-4-3-5-7-14/h3-10,12H,1-2H3. The lowest BCUT2D eigenvalue weighted by Crippen LogP contribution is -2.28. The highest BCUT2D eigenvalue weighted by atomic mass is 16.2. The van der Waals surface area contributed by atoms with Crippen LogP contribution in [-0.4, -0.2) is 27.7 Å². The SMILES string of the molecule is CN(C(=O)c1cc(C#N)cn1C)c1ccc(-c2ccccc2)nn1. The van der Waals surface area contributed by atoms with Gasteiger partial charge in [-0.1, -0.05) is 30.3 Å². The second-order valence-corrected chi connectivity index (χ2v) is 5.34. The summed E-state index contributed by atoms with van der Waals surface area (Å²) in [7, 11) is 3.36. The average Bonchev–Trinajstić information content (AvgIpc) is 3.02. The summed E-state index contributed by atoms with van der Waals surface area (Å²) >= 11 is 0. The minimum Gasteiger partial charge on any atom is -0.345 e. The second-order valence-electron chi connectivity index (χ2n) is 5.34. The van der Waals surface area contributed by atoms with Gasteiger partial charge in [0.25, 0.3) is 5.91 Å². The summed E-state index contributed by atoms with van der Waals surface area (Å²) in [5, 5.41) is 17.3. The molecule has 3 rings (SSSR count). The Morgan fingerprint density at radius 2 is 1.92 bits per heavy atom. The zero-order valence-corrected chi connectivity index (χ0v) is 13.3. The van der Waals surface area contributed by atoms with E-state index in [1.165, 1.54) is 4.90 Å². The Morgan fingerprint density at radius 3 is 2.50 bits per heavy atom. The molecule has 6 nitrogen and oxygen atoms in total. The van der Waals surface area contributed by atoms with Crippen LogP contribution >= 0.6 is 0 Å². The van der Waals surface area contributed by atoms with Gasteiger partial charge in [-0.05, 0) is 18.2 Å². The van der Waals surface area contributed by atoms with Crippen LogP contribution in [0.4, 0.5) is 5.82 Å². The average molecular weight is 317 g/mol. The van der Waals surface area contributed by atoms with Crippen molar-refractivity contribution in [2.75, 3.05) is 11.9 Å². The number of carbonyl (C=O) groups excluding carboxylic acids is 1. The van der Waals surface area contributed by atoms with E-state index in [2.05, 4.69) is 10.2 Å². The van der Waals surface area contributed by atoms with Crippen LogP contribution in [0.15, 0.2) is 54.7 Å². The molecular weight excluding hydrogens is 302 g/mol. The number of hydrogen-bond donors (Lipinski definition) is 0. The predicted octanol–water partition coefficient (Wildman–Crippen LogP) is 2.63. The molecule has 2 heterocycles. The molecule has 0 saturated carbocycles. The molecule has 2 aromatic heterocycles. The highest BCUT2D eigenvalue weighted by Crippen LogP contribution is 2.19. The molecule has 1 aromatic carbocycles. The normalized spacial score (nSPS) is 10.2. The summed E-state index contributed by atoms with van der Waals surface area (Å²) in [6, 6.07) is 16.9. The van der Waals surface area contributed by atoms with Crippen molar-refractivity contribution in [3.63, 3.8) is 0 Å². The van der Waals surface area contributed by atoms with Gasteiger partial charge in [0.2, 0.25) is 0 Å². The Bertz CT molecular complexity index is 907. The summed E-state index contributed by atoms with van der Waals surface area (Å²) in [5.41, 5.74) is 2.57. The van der Waals surface area contributed by atoms with E-state index in [4.69, 9.17) is 5.26 Å². The van der Waals surface area contributed by atoms with E-state index in [9.17, 15) is 4.79 Å². The summed E-state index contributed by atoms with van der Waals surface area (Å²) < 4.78 is 1.63. The molecule has 0 spiro atoms. The van der Waals surface area contributed by atoms with Crippen molar-refractivity contribution in [2.45, 2.75) is 0 Å². The lowest BCUT2D eigenvalue weighted by Gasteiger charge is -2.16. The first kappa shape index (κ1) is 15.4. The third kappa shape index (κ3) is 2.88. The molecule has 24 heavy (non-hydrogen) atoms. The fourth-order valence-corrected chi connectivity index (χ4v) is 2.38. The van der Waals surface area contributed by atoms with Crippen molar-refractivity contribution in [1.82, 2.24) is 14.8 Å². The third-order valence-corrected chi connectivity index (χ3v) is 3.72. The van der Waals surface area contributed by atoms with Crippen molar-refractivity contribution in [1.29, 1.82) is 5.26 Å².